The van der Waals surface area contributed by atoms with Gasteiger partial charge in [-0.15, -0.1) is 0 Å². The molecule has 2 aromatic carbocycles. The molecule has 5 heteroatoms. The third-order valence-electron chi connectivity index (χ3n) is 4.46. The van der Waals surface area contributed by atoms with Crippen LogP contribution >= 0.6 is 0 Å². The van der Waals surface area contributed by atoms with E-state index in [1.807, 2.05) is 49.4 Å². The fourth-order valence-electron chi connectivity index (χ4n) is 3.04. The van der Waals surface area contributed by atoms with Crippen molar-refractivity contribution in [1.82, 2.24) is 0 Å². The molecule has 3 rings (SSSR count). The van der Waals surface area contributed by atoms with E-state index in [4.69, 9.17) is 9.47 Å². The number of hydrogen-bond donors (Lipinski definition) is 3. The summed E-state index contributed by atoms with van der Waals surface area (Å²) in [4.78, 5) is 0. The Morgan fingerprint density at radius 2 is 1.67 bits per heavy atom. The van der Waals surface area contributed by atoms with E-state index in [9.17, 15) is 15.3 Å². The van der Waals surface area contributed by atoms with E-state index < -0.39 is 24.4 Å². The average Bonchev–Trinajstić information content (AvgIpc) is 2.90. The third kappa shape index (κ3) is 3.03. The van der Waals surface area contributed by atoms with Crippen molar-refractivity contribution in [1.29, 1.82) is 0 Å². The lowest BCUT2D eigenvalue weighted by atomic mass is 9.96. The van der Waals surface area contributed by atoms with E-state index in [2.05, 4.69) is 0 Å². The molecular weight excluding hydrogens is 308 g/mol. The fourth-order valence-corrected chi connectivity index (χ4v) is 3.04. The molecule has 1 aliphatic heterocycles. The maximum atomic E-state index is 10.3. The van der Waals surface area contributed by atoms with Gasteiger partial charge in [0.25, 0.3) is 0 Å². The molecule has 0 radical (unpaired) electrons. The molecule has 2 aromatic rings. The van der Waals surface area contributed by atoms with Gasteiger partial charge in [-0.25, -0.2) is 0 Å². The van der Waals surface area contributed by atoms with Gasteiger partial charge in [-0.05, 0) is 30.2 Å². The Morgan fingerprint density at radius 1 is 1.00 bits per heavy atom. The number of aryl methyl sites for hydroxylation is 1. The van der Waals surface area contributed by atoms with Gasteiger partial charge in [-0.1, -0.05) is 35.9 Å². The monoisotopic (exact) mass is 330 g/mol. The standard InChI is InChI=1S/C19H22O5/c1-11-3-5-12(6-4-11)13-7-8-15(23-2)14(9-13)19-18(22)17(21)16(10-20)24-19/h3-9,16-22H,10H2,1-2H3/t16-,17-,18-,19+/m1/s1. The van der Waals surface area contributed by atoms with Crippen LogP contribution in [0.15, 0.2) is 42.5 Å². The Balaban J connectivity index is 2.00. The maximum Gasteiger partial charge on any atom is 0.124 e. The van der Waals surface area contributed by atoms with E-state index in [1.165, 1.54) is 5.56 Å². The lowest BCUT2D eigenvalue weighted by molar-refractivity contribution is -0.0233. The highest BCUT2D eigenvalue weighted by Crippen LogP contribution is 2.39. The average molecular weight is 330 g/mol. The van der Waals surface area contributed by atoms with Crippen LogP contribution in [0.1, 0.15) is 17.2 Å². The van der Waals surface area contributed by atoms with Crippen molar-refractivity contribution < 1.29 is 24.8 Å². The molecular formula is C19H22O5. The highest BCUT2D eigenvalue weighted by atomic mass is 16.6. The van der Waals surface area contributed by atoms with Crippen LogP contribution in [-0.2, 0) is 4.74 Å². The Hall–Kier alpha value is -1.92. The van der Waals surface area contributed by atoms with Crippen LogP contribution in [0.3, 0.4) is 0 Å². The molecule has 0 saturated carbocycles. The minimum absolute atomic E-state index is 0.352. The van der Waals surface area contributed by atoms with Crippen molar-refractivity contribution in [2.75, 3.05) is 13.7 Å². The number of aliphatic hydroxyl groups excluding tert-OH is 3. The smallest absolute Gasteiger partial charge is 0.124 e. The summed E-state index contributed by atoms with van der Waals surface area (Å²) in [5, 5.41) is 29.6. The first-order valence-electron chi connectivity index (χ1n) is 7.92. The van der Waals surface area contributed by atoms with Crippen LogP contribution in [0, 0.1) is 6.92 Å². The van der Waals surface area contributed by atoms with Crippen LogP contribution < -0.4 is 4.74 Å². The van der Waals surface area contributed by atoms with E-state index >= 15 is 0 Å². The molecule has 0 aromatic heterocycles. The van der Waals surface area contributed by atoms with Gasteiger partial charge in [0.15, 0.2) is 0 Å². The molecule has 3 N–H and O–H groups in total. The second-order valence-electron chi connectivity index (χ2n) is 6.08. The van der Waals surface area contributed by atoms with Crippen molar-refractivity contribution in [2.24, 2.45) is 0 Å². The lowest BCUT2D eigenvalue weighted by Crippen LogP contribution is -2.32. The van der Waals surface area contributed by atoms with Crippen LogP contribution in [-0.4, -0.2) is 47.3 Å². The van der Waals surface area contributed by atoms with Gasteiger partial charge in [0, 0.05) is 5.56 Å². The first-order chi connectivity index (χ1) is 11.5. The topological polar surface area (TPSA) is 79.2 Å². The predicted molar refractivity (Wildman–Crippen MR) is 89.9 cm³/mol. The second-order valence-corrected chi connectivity index (χ2v) is 6.08. The first kappa shape index (κ1) is 16.9. The van der Waals surface area contributed by atoms with Crippen molar-refractivity contribution in [3.63, 3.8) is 0 Å². The highest BCUT2D eigenvalue weighted by molar-refractivity contribution is 5.66. The van der Waals surface area contributed by atoms with Crippen molar-refractivity contribution in [2.45, 2.75) is 31.3 Å². The number of methoxy groups -OCH3 is 1. The SMILES string of the molecule is COc1ccc(-c2ccc(C)cc2)cc1[C@@H]1O[C@H](CO)[C@@H](O)[C@H]1O. The fraction of sp³-hybridized carbons (Fsp3) is 0.368. The van der Waals surface area contributed by atoms with E-state index in [0.717, 1.165) is 11.1 Å². The van der Waals surface area contributed by atoms with Crippen LogP contribution in [0.25, 0.3) is 11.1 Å². The summed E-state index contributed by atoms with van der Waals surface area (Å²) in [6.45, 7) is 1.68. The Kier molecular flexibility index (Phi) is 4.87. The minimum atomic E-state index is -1.13. The zero-order chi connectivity index (χ0) is 17.3. The van der Waals surface area contributed by atoms with Gasteiger partial charge in [-0.3, -0.25) is 0 Å². The summed E-state index contributed by atoms with van der Waals surface area (Å²) in [6, 6.07) is 13.8. The number of aliphatic hydroxyl groups is 3. The predicted octanol–water partition coefficient (Wildman–Crippen LogP) is 1.82. The van der Waals surface area contributed by atoms with Gasteiger partial charge in [0.1, 0.15) is 30.2 Å². The maximum absolute atomic E-state index is 10.3. The molecule has 1 saturated heterocycles. The van der Waals surface area contributed by atoms with Crippen molar-refractivity contribution in [3.05, 3.63) is 53.6 Å². The summed E-state index contributed by atoms with van der Waals surface area (Å²) in [6.07, 6.45) is -3.81. The number of hydrogen-bond acceptors (Lipinski definition) is 5. The largest absolute Gasteiger partial charge is 0.496 e. The number of rotatable bonds is 4. The molecule has 1 aliphatic rings. The molecule has 0 bridgehead atoms. The zero-order valence-corrected chi connectivity index (χ0v) is 13.7. The van der Waals surface area contributed by atoms with Crippen LogP contribution in [0.2, 0.25) is 0 Å². The summed E-state index contributed by atoms with van der Waals surface area (Å²) < 4.78 is 11.0. The summed E-state index contributed by atoms with van der Waals surface area (Å²) in [7, 11) is 1.55. The Labute approximate surface area is 141 Å². The normalized spacial score (nSPS) is 26.5. The van der Waals surface area contributed by atoms with Gasteiger partial charge in [-0.2, -0.15) is 0 Å². The number of benzene rings is 2. The van der Waals surface area contributed by atoms with Crippen LogP contribution in [0.5, 0.6) is 5.75 Å². The molecule has 4 atom stereocenters. The molecule has 0 spiro atoms. The zero-order valence-electron chi connectivity index (χ0n) is 13.7. The molecule has 0 amide bonds. The number of ether oxygens (including phenoxy) is 2. The quantitative estimate of drug-likeness (QED) is 0.797. The molecule has 0 aliphatic carbocycles. The van der Waals surface area contributed by atoms with Crippen molar-refractivity contribution in [3.8, 4) is 16.9 Å². The summed E-state index contributed by atoms with van der Waals surface area (Å²) in [5.41, 5.74) is 3.83. The summed E-state index contributed by atoms with van der Waals surface area (Å²) in [5.74, 6) is 0.570. The van der Waals surface area contributed by atoms with Crippen molar-refractivity contribution >= 4 is 0 Å². The molecule has 1 fully saturated rings. The second kappa shape index (κ2) is 6.91. The Bertz CT molecular complexity index is 697. The van der Waals surface area contributed by atoms with Gasteiger partial charge < -0.3 is 24.8 Å². The van der Waals surface area contributed by atoms with Gasteiger partial charge in [0.2, 0.25) is 0 Å². The van der Waals surface area contributed by atoms with Gasteiger partial charge >= 0.3 is 0 Å². The third-order valence-corrected chi connectivity index (χ3v) is 4.46. The van der Waals surface area contributed by atoms with Gasteiger partial charge in [0.05, 0.1) is 13.7 Å². The first-order valence-corrected chi connectivity index (χ1v) is 7.92. The molecule has 24 heavy (non-hydrogen) atoms. The molecule has 128 valence electrons. The lowest BCUT2D eigenvalue weighted by Gasteiger charge is -2.19. The van der Waals surface area contributed by atoms with Crippen LogP contribution in [0.4, 0.5) is 0 Å². The highest BCUT2D eigenvalue weighted by Gasteiger charge is 2.44. The van der Waals surface area contributed by atoms with E-state index in [0.29, 0.717) is 11.3 Å². The summed E-state index contributed by atoms with van der Waals surface area (Å²) >= 11 is 0. The minimum Gasteiger partial charge on any atom is -0.496 e. The molecule has 1 heterocycles. The van der Waals surface area contributed by atoms with E-state index in [1.54, 1.807) is 7.11 Å². The molecule has 0 unspecified atom stereocenters. The van der Waals surface area contributed by atoms with E-state index in [-0.39, 0.29) is 6.61 Å². The molecule has 5 nitrogen and oxygen atoms in total. The Morgan fingerprint density at radius 3 is 2.25 bits per heavy atom.